The summed E-state index contributed by atoms with van der Waals surface area (Å²) in [6.45, 7) is 1.73. The van der Waals surface area contributed by atoms with Gasteiger partial charge in [-0.15, -0.1) is 0 Å². The van der Waals surface area contributed by atoms with Crippen molar-refractivity contribution in [1.29, 1.82) is 0 Å². The van der Waals surface area contributed by atoms with Gasteiger partial charge in [-0.1, -0.05) is 12.1 Å². The first-order valence-electron chi connectivity index (χ1n) is 5.90. The zero-order chi connectivity index (χ0) is 14.0. The summed E-state index contributed by atoms with van der Waals surface area (Å²) in [6.07, 6.45) is 0. The molecule has 0 aliphatic heterocycles. The van der Waals surface area contributed by atoms with Crippen LogP contribution in [0.1, 0.15) is 6.92 Å². The van der Waals surface area contributed by atoms with Crippen molar-refractivity contribution in [3.63, 3.8) is 0 Å². The summed E-state index contributed by atoms with van der Waals surface area (Å²) in [5.74, 6) is -0.506. The van der Waals surface area contributed by atoms with Crippen LogP contribution in [0.3, 0.4) is 0 Å². The molecule has 1 aromatic heterocycles. The summed E-state index contributed by atoms with van der Waals surface area (Å²) >= 11 is 0. The molecule has 0 unspecified atom stereocenters. The maximum atomic E-state index is 12.1. The Hall–Kier alpha value is -2.37. The molecule has 0 N–H and O–H groups in total. The maximum absolute atomic E-state index is 12.1. The van der Waals surface area contributed by atoms with Crippen molar-refractivity contribution in [2.24, 2.45) is 7.05 Å². The maximum Gasteiger partial charge on any atom is 0.331 e. The fourth-order valence-corrected chi connectivity index (χ4v) is 1.93. The number of ether oxygens (including phenoxy) is 1. The number of hydrogen-bond acceptors (Lipinski definition) is 4. The van der Waals surface area contributed by atoms with Gasteiger partial charge in [0, 0.05) is 7.05 Å². The van der Waals surface area contributed by atoms with Crippen molar-refractivity contribution >= 4 is 16.9 Å². The Bertz CT molecular complexity index is 742. The molecule has 0 atom stereocenters. The number of carbonyl (C=O) groups excluding carboxylic acids is 1. The van der Waals surface area contributed by atoms with E-state index in [1.807, 2.05) is 0 Å². The van der Waals surface area contributed by atoms with Crippen LogP contribution in [-0.2, 0) is 23.1 Å². The Morgan fingerprint density at radius 3 is 2.63 bits per heavy atom. The van der Waals surface area contributed by atoms with Gasteiger partial charge < -0.3 is 4.74 Å². The average Bonchev–Trinajstić information content (AvgIpc) is 2.41. The van der Waals surface area contributed by atoms with Crippen LogP contribution >= 0.6 is 0 Å². The molecule has 1 aromatic carbocycles. The van der Waals surface area contributed by atoms with Gasteiger partial charge in [0.05, 0.1) is 17.5 Å². The molecule has 0 aliphatic rings. The number of para-hydroxylation sites is 1. The molecule has 6 heteroatoms. The molecule has 0 radical (unpaired) electrons. The molecule has 0 saturated heterocycles. The Labute approximate surface area is 108 Å². The summed E-state index contributed by atoms with van der Waals surface area (Å²) < 4.78 is 7.07. The lowest BCUT2D eigenvalue weighted by Crippen LogP contribution is -2.39. The van der Waals surface area contributed by atoms with Crippen LogP contribution in [0.4, 0.5) is 0 Å². The Balaban J connectivity index is 2.69. The largest absolute Gasteiger partial charge is 0.465 e. The van der Waals surface area contributed by atoms with E-state index < -0.39 is 11.7 Å². The van der Waals surface area contributed by atoms with Crippen molar-refractivity contribution in [3.05, 3.63) is 45.1 Å². The number of hydrogen-bond donors (Lipinski definition) is 0. The average molecular weight is 262 g/mol. The second-order valence-electron chi connectivity index (χ2n) is 4.06. The van der Waals surface area contributed by atoms with Gasteiger partial charge in [0.1, 0.15) is 6.54 Å². The van der Waals surface area contributed by atoms with E-state index in [4.69, 9.17) is 4.74 Å². The predicted octanol–water partition coefficient (Wildman–Crippen LogP) is 0.263. The number of carbonyl (C=O) groups is 1. The van der Waals surface area contributed by atoms with Gasteiger partial charge in [0.2, 0.25) is 0 Å². The van der Waals surface area contributed by atoms with Crippen molar-refractivity contribution in [1.82, 2.24) is 9.13 Å². The third-order valence-electron chi connectivity index (χ3n) is 2.84. The first-order chi connectivity index (χ1) is 9.06. The summed E-state index contributed by atoms with van der Waals surface area (Å²) in [5.41, 5.74) is -0.471. The van der Waals surface area contributed by atoms with Gasteiger partial charge >= 0.3 is 11.7 Å². The number of nitrogens with zero attached hydrogens (tertiary/aromatic N) is 2. The second kappa shape index (κ2) is 5.09. The number of rotatable bonds is 3. The van der Waals surface area contributed by atoms with Crippen LogP contribution in [0.5, 0.6) is 0 Å². The van der Waals surface area contributed by atoms with E-state index in [1.54, 1.807) is 31.2 Å². The number of fused-ring (bicyclic) bond motifs is 1. The molecular formula is C13H14N2O4. The third-order valence-corrected chi connectivity index (χ3v) is 2.84. The number of aromatic nitrogens is 2. The van der Waals surface area contributed by atoms with Gasteiger partial charge in [-0.05, 0) is 19.1 Å². The zero-order valence-corrected chi connectivity index (χ0v) is 10.8. The molecule has 0 amide bonds. The molecule has 0 spiro atoms. The normalized spacial score (nSPS) is 10.6. The highest BCUT2D eigenvalue weighted by Gasteiger charge is 2.13. The van der Waals surface area contributed by atoms with Gasteiger partial charge in [0.25, 0.3) is 5.56 Å². The Morgan fingerprint density at radius 1 is 1.26 bits per heavy atom. The second-order valence-corrected chi connectivity index (χ2v) is 4.06. The van der Waals surface area contributed by atoms with E-state index in [0.717, 1.165) is 4.57 Å². The van der Waals surface area contributed by atoms with Crippen LogP contribution in [0.25, 0.3) is 10.9 Å². The summed E-state index contributed by atoms with van der Waals surface area (Å²) in [7, 11) is 1.39. The van der Waals surface area contributed by atoms with Crippen molar-refractivity contribution in [3.8, 4) is 0 Å². The third kappa shape index (κ3) is 2.29. The lowest BCUT2D eigenvalue weighted by Gasteiger charge is -2.11. The van der Waals surface area contributed by atoms with Crippen molar-refractivity contribution in [2.75, 3.05) is 6.61 Å². The Kier molecular flexibility index (Phi) is 3.50. The standard InChI is InChI=1S/C13H14N2O4/c1-3-19-11(16)8-15-10-7-5-4-6-9(10)12(17)14(2)13(15)18/h4-7H,3,8H2,1-2H3. The van der Waals surface area contributed by atoms with Crippen LogP contribution in [0.15, 0.2) is 33.9 Å². The molecule has 6 nitrogen and oxygen atoms in total. The highest BCUT2D eigenvalue weighted by atomic mass is 16.5. The summed E-state index contributed by atoms with van der Waals surface area (Å²) in [5, 5.41) is 0.397. The molecule has 0 aliphatic carbocycles. The fraction of sp³-hybridized carbons (Fsp3) is 0.308. The van der Waals surface area contributed by atoms with Gasteiger partial charge in [-0.2, -0.15) is 0 Å². The van der Waals surface area contributed by atoms with Crippen LogP contribution in [-0.4, -0.2) is 21.7 Å². The molecular weight excluding hydrogens is 248 g/mol. The van der Waals surface area contributed by atoms with Crippen LogP contribution < -0.4 is 11.2 Å². The fourth-order valence-electron chi connectivity index (χ4n) is 1.93. The van der Waals surface area contributed by atoms with E-state index in [1.165, 1.54) is 11.6 Å². The minimum absolute atomic E-state index is 0.207. The topological polar surface area (TPSA) is 70.3 Å². The number of benzene rings is 1. The Morgan fingerprint density at radius 2 is 1.95 bits per heavy atom. The van der Waals surface area contributed by atoms with E-state index in [-0.39, 0.29) is 18.7 Å². The van der Waals surface area contributed by atoms with Crippen molar-refractivity contribution < 1.29 is 9.53 Å². The molecule has 0 bridgehead atoms. The molecule has 19 heavy (non-hydrogen) atoms. The van der Waals surface area contributed by atoms with E-state index in [0.29, 0.717) is 10.9 Å². The molecule has 100 valence electrons. The monoisotopic (exact) mass is 262 g/mol. The van der Waals surface area contributed by atoms with Crippen molar-refractivity contribution in [2.45, 2.75) is 13.5 Å². The smallest absolute Gasteiger partial charge is 0.331 e. The lowest BCUT2D eigenvalue weighted by atomic mass is 10.2. The summed E-state index contributed by atoms with van der Waals surface area (Å²) in [4.78, 5) is 35.5. The van der Waals surface area contributed by atoms with Gasteiger partial charge in [-0.3, -0.25) is 18.7 Å². The highest BCUT2D eigenvalue weighted by molar-refractivity contribution is 5.79. The molecule has 1 heterocycles. The minimum atomic E-state index is -0.531. The first kappa shape index (κ1) is 13.1. The SMILES string of the molecule is CCOC(=O)Cn1c(=O)n(C)c(=O)c2ccccc21. The molecule has 2 rings (SSSR count). The van der Waals surface area contributed by atoms with E-state index in [9.17, 15) is 14.4 Å². The molecule has 2 aromatic rings. The first-order valence-corrected chi connectivity index (χ1v) is 5.90. The van der Waals surface area contributed by atoms with Crippen LogP contribution in [0.2, 0.25) is 0 Å². The van der Waals surface area contributed by atoms with Gasteiger partial charge in [0.15, 0.2) is 0 Å². The van der Waals surface area contributed by atoms with E-state index in [2.05, 4.69) is 0 Å². The lowest BCUT2D eigenvalue weighted by molar-refractivity contribution is -0.143. The molecule has 0 fully saturated rings. The molecule has 0 saturated carbocycles. The van der Waals surface area contributed by atoms with Crippen LogP contribution in [0, 0.1) is 0 Å². The quantitative estimate of drug-likeness (QED) is 0.744. The summed E-state index contributed by atoms with van der Waals surface area (Å²) in [6, 6.07) is 6.68. The number of esters is 1. The van der Waals surface area contributed by atoms with E-state index >= 15 is 0 Å². The minimum Gasteiger partial charge on any atom is -0.465 e. The predicted molar refractivity (Wildman–Crippen MR) is 70.1 cm³/mol. The zero-order valence-electron chi connectivity index (χ0n) is 10.8. The highest BCUT2D eigenvalue weighted by Crippen LogP contribution is 2.07. The van der Waals surface area contributed by atoms with Gasteiger partial charge in [-0.25, -0.2) is 4.79 Å².